The van der Waals surface area contributed by atoms with Crippen LogP contribution in [0.4, 0.5) is 0 Å². The summed E-state index contributed by atoms with van der Waals surface area (Å²) in [5.74, 6) is 1.73. The normalized spacial score (nSPS) is 13.1. The number of hydrogen-bond acceptors (Lipinski definition) is 3. The lowest BCUT2D eigenvalue weighted by molar-refractivity contribution is 0.435. The molecule has 0 unspecified atom stereocenters. The summed E-state index contributed by atoms with van der Waals surface area (Å²) < 4.78 is 6.80. The van der Waals surface area contributed by atoms with Gasteiger partial charge in [0.05, 0.1) is 22.1 Å². The van der Waals surface area contributed by atoms with Crippen molar-refractivity contribution in [1.29, 1.82) is 0 Å². The van der Waals surface area contributed by atoms with E-state index in [0.29, 0.717) is 0 Å². The largest absolute Gasteiger partial charge is 0.457 e. The number of para-hydroxylation sites is 1. The molecule has 0 atom stereocenters. The van der Waals surface area contributed by atoms with Gasteiger partial charge in [0.15, 0.2) is 0 Å². The third kappa shape index (κ3) is 4.23. The molecule has 1 aliphatic heterocycles. The molecule has 3 heteroatoms. The molecule has 0 aliphatic carbocycles. The predicted octanol–water partition coefficient (Wildman–Crippen LogP) is 11.8. The summed E-state index contributed by atoms with van der Waals surface area (Å²) in [7, 11) is 0. The molecule has 0 amide bonds. The maximum Gasteiger partial charge on any atom is 0.132 e. The van der Waals surface area contributed by atoms with Crippen LogP contribution in [0.5, 0.6) is 11.5 Å². The van der Waals surface area contributed by atoms with E-state index in [1.54, 1.807) is 0 Å². The summed E-state index contributed by atoms with van der Waals surface area (Å²) in [5.41, 5.74) is 10.2. The van der Waals surface area contributed by atoms with Gasteiger partial charge in [-0.3, -0.25) is 4.98 Å². The van der Waals surface area contributed by atoms with Crippen molar-refractivity contribution in [3.63, 3.8) is 0 Å². The average Bonchev–Trinajstić information content (AvgIpc) is 3.19. The van der Waals surface area contributed by atoms with Crippen molar-refractivity contribution in [2.24, 2.45) is 0 Å². The van der Waals surface area contributed by atoms with Gasteiger partial charge in [0, 0.05) is 33.7 Å². The van der Waals surface area contributed by atoms with Gasteiger partial charge in [-0.25, -0.2) is 4.98 Å². The second kappa shape index (κ2) is 11.3. The van der Waals surface area contributed by atoms with E-state index in [2.05, 4.69) is 175 Å². The van der Waals surface area contributed by atoms with Crippen LogP contribution in [0.25, 0.3) is 55.0 Å². The summed E-state index contributed by atoms with van der Waals surface area (Å²) in [6, 6.07) is 62.4. The molecule has 50 heavy (non-hydrogen) atoms. The van der Waals surface area contributed by atoms with Crippen molar-refractivity contribution in [1.82, 2.24) is 9.97 Å². The van der Waals surface area contributed by atoms with E-state index in [1.165, 1.54) is 11.1 Å². The summed E-state index contributed by atoms with van der Waals surface area (Å²) in [6.45, 7) is 0. The molecule has 9 aromatic rings. The number of hydrogen-bond donors (Lipinski definition) is 0. The van der Waals surface area contributed by atoms with Crippen LogP contribution >= 0.6 is 0 Å². The molecule has 0 spiro atoms. The standard InChI is InChI=1S/C47H30N2O/c1-3-13-34(14-4-1)47(35-15-5-2-6-16-35)40-19-9-10-20-43(40)50-44-30-33(23-27-41(44)47)36-25-26-39(38-18-8-7-17-37(36)38)42-28-24-32-22-21-31-12-11-29-48-45(31)46(32)49-42/h1-30H. The first kappa shape index (κ1) is 28.4. The Kier molecular flexibility index (Phi) is 6.40. The highest BCUT2D eigenvalue weighted by atomic mass is 16.5. The molecular formula is C47H30N2O. The smallest absolute Gasteiger partial charge is 0.132 e. The van der Waals surface area contributed by atoms with E-state index in [9.17, 15) is 0 Å². The lowest BCUT2D eigenvalue weighted by Gasteiger charge is -2.41. The number of fused-ring (bicyclic) bond motifs is 6. The lowest BCUT2D eigenvalue weighted by atomic mass is 9.63. The van der Waals surface area contributed by atoms with Crippen LogP contribution in [-0.4, -0.2) is 9.97 Å². The highest BCUT2D eigenvalue weighted by Crippen LogP contribution is 2.56. The van der Waals surface area contributed by atoms with Crippen molar-refractivity contribution < 1.29 is 4.74 Å². The third-order valence-corrected chi connectivity index (χ3v) is 10.3. The van der Waals surface area contributed by atoms with Crippen LogP contribution in [0, 0.1) is 0 Å². The van der Waals surface area contributed by atoms with Gasteiger partial charge in [0.25, 0.3) is 0 Å². The van der Waals surface area contributed by atoms with Gasteiger partial charge in [0.1, 0.15) is 11.5 Å². The first-order valence-electron chi connectivity index (χ1n) is 17.0. The van der Waals surface area contributed by atoms with Crippen molar-refractivity contribution >= 4 is 32.6 Å². The van der Waals surface area contributed by atoms with Gasteiger partial charge in [-0.05, 0) is 57.3 Å². The lowest BCUT2D eigenvalue weighted by Crippen LogP contribution is -2.34. The first-order valence-corrected chi connectivity index (χ1v) is 17.0. The van der Waals surface area contributed by atoms with Gasteiger partial charge in [-0.15, -0.1) is 0 Å². The summed E-state index contributed by atoms with van der Waals surface area (Å²) in [6.07, 6.45) is 1.84. The van der Waals surface area contributed by atoms with Crippen molar-refractivity contribution in [2.75, 3.05) is 0 Å². The van der Waals surface area contributed by atoms with Crippen molar-refractivity contribution in [3.8, 4) is 33.9 Å². The van der Waals surface area contributed by atoms with Crippen LogP contribution in [-0.2, 0) is 5.41 Å². The van der Waals surface area contributed by atoms with Crippen LogP contribution < -0.4 is 4.74 Å². The fourth-order valence-corrected chi connectivity index (χ4v) is 8.03. The predicted molar refractivity (Wildman–Crippen MR) is 204 cm³/mol. The Morgan fingerprint density at radius 3 is 1.84 bits per heavy atom. The van der Waals surface area contributed by atoms with Crippen LogP contribution in [0.15, 0.2) is 182 Å². The molecule has 3 heterocycles. The Bertz CT molecular complexity index is 2700. The molecule has 1 aliphatic rings. The van der Waals surface area contributed by atoms with Crippen LogP contribution in [0.2, 0.25) is 0 Å². The fraction of sp³-hybridized carbons (Fsp3) is 0.0213. The summed E-state index contributed by atoms with van der Waals surface area (Å²) in [5, 5.41) is 4.48. The first-order chi connectivity index (χ1) is 24.8. The molecule has 2 aromatic heterocycles. The van der Waals surface area contributed by atoms with Crippen LogP contribution in [0.3, 0.4) is 0 Å². The number of benzene rings is 7. The second-order valence-electron chi connectivity index (χ2n) is 12.9. The highest BCUT2D eigenvalue weighted by Gasteiger charge is 2.45. The minimum absolute atomic E-state index is 0.544. The quantitative estimate of drug-likeness (QED) is 0.180. The van der Waals surface area contributed by atoms with Gasteiger partial charge >= 0.3 is 0 Å². The minimum atomic E-state index is -0.544. The van der Waals surface area contributed by atoms with Crippen molar-refractivity contribution in [3.05, 3.63) is 204 Å². The second-order valence-corrected chi connectivity index (χ2v) is 12.9. The monoisotopic (exact) mass is 638 g/mol. The summed E-state index contributed by atoms with van der Waals surface area (Å²) in [4.78, 5) is 9.88. The maximum absolute atomic E-state index is 6.80. The molecule has 0 N–H and O–H groups in total. The Morgan fingerprint density at radius 2 is 1.06 bits per heavy atom. The zero-order chi connectivity index (χ0) is 33.1. The van der Waals surface area contributed by atoms with Crippen molar-refractivity contribution in [2.45, 2.75) is 5.41 Å². The van der Waals surface area contributed by atoms with E-state index in [4.69, 9.17) is 9.72 Å². The Morgan fingerprint density at radius 1 is 0.440 bits per heavy atom. The van der Waals surface area contributed by atoms with E-state index in [-0.39, 0.29) is 0 Å². The molecular weight excluding hydrogens is 609 g/mol. The molecule has 0 saturated heterocycles. The number of rotatable bonds is 4. The minimum Gasteiger partial charge on any atom is -0.457 e. The van der Waals surface area contributed by atoms with E-state index in [1.807, 2.05) is 12.3 Å². The number of ether oxygens (including phenoxy) is 1. The third-order valence-electron chi connectivity index (χ3n) is 10.3. The molecule has 0 radical (unpaired) electrons. The molecule has 7 aromatic carbocycles. The number of aromatic nitrogens is 2. The van der Waals surface area contributed by atoms with Crippen LogP contribution in [0.1, 0.15) is 22.3 Å². The highest BCUT2D eigenvalue weighted by molar-refractivity contribution is 6.07. The van der Waals surface area contributed by atoms with E-state index < -0.39 is 5.41 Å². The summed E-state index contributed by atoms with van der Waals surface area (Å²) >= 11 is 0. The zero-order valence-electron chi connectivity index (χ0n) is 27.1. The Hall–Kier alpha value is -6.58. The van der Waals surface area contributed by atoms with Gasteiger partial charge < -0.3 is 4.74 Å². The molecule has 3 nitrogen and oxygen atoms in total. The number of pyridine rings is 2. The van der Waals surface area contributed by atoms with Gasteiger partial charge in [-0.1, -0.05) is 152 Å². The molecule has 0 bridgehead atoms. The Labute approximate surface area is 290 Å². The maximum atomic E-state index is 6.80. The SMILES string of the molecule is c1ccc(C2(c3ccccc3)c3ccccc3Oc3cc(-c4ccc(-c5ccc6ccc7cccnc7c6n5)c5ccccc45)ccc32)cc1. The fourth-order valence-electron chi connectivity index (χ4n) is 8.03. The molecule has 0 saturated carbocycles. The number of nitrogens with zero attached hydrogens (tertiary/aromatic N) is 2. The van der Waals surface area contributed by atoms with E-state index in [0.717, 1.165) is 77.6 Å². The van der Waals surface area contributed by atoms with Gasteiger partial charge in [-0.2, -0.15) is 0 Å². The molecule has 234 valence electrons. The topological polar surface area (TPSA) is 35.0 Å². The molecule has 0 fully saturated rings. The molecule has 10 rings (SSSR count). The zero-order valence-corrected chi connectivity index (χ0v) is 27.1. The van der Waals surface area contributed by atoms with Gasteiger partial charge in [0.2, 0.25) is 0 Å². The Balaban J connectivity index is 1.16. The van der Waals surface area contributed by atoms with E-state index >= 15 is 0 Å². The average molecular weight is 639 g/mol.